The van der Waals surface area contributed by atoms with E-state index in [1.54, 1.807) is 11.6 Å². The molecule has 0 unspecified atom stereocenters. The van der Waals surface area contributed by atoms with E-state index in [9.17, 15) is 4.79 Å². The SMILES string of the molecule is Cc1oc(=O)n(C)c1CC(C)C. The van der Waals surface area contributed by atoms with E-state index in [-0.39, 0.29) is 5.76 Å². The Bertz CT molecular complexity index is 320. The highest BCUT2D eigenvalue weighted by atomic mass is 16.4. The first kappa shape index (κ1) is 9.10. The van der Waals surface area contributed by atoms with Gasteiger partial charge in [0.1, 0.15) is 5.76 Å². The normalized spacial score (nSPS) is 11.1. The Labute approximate surface area is 72.0 Å². The van der Waals surface area contributed by atoms with Crippen molar-refractivity contribution in [1.29, 1.82) is 0 Å². The minimum absolute atomic E-state index is 0.261. The van der Waals surface area contributed by atoms with Crippen LogP contribution in [0.5, 0.6) is 0 Å². The van der Waals surface area contributed by atoms with Crippen LogP contribution in [0.25, 0.3) is 0 Å². The summed E-state index contributed by atoms with van der Waals surface area (Å²) in [5.41, 5.74) is 1.01. The molecular formula is C9H15NO2. The maximum atomic E-state index is 11.0. The first-order chi connectivity index (χ1) is 5.52. The lowest BCUT2D eigenvalue weighted by Gasteiger charge is -2.04. The molecule has 0 fully saturated rings. The molecule has 12 heavy (non-hydrogen) atoms. The molecule has 0 saturated carbocycles. The minimum atomic E-state index is -0.261. The van der Waals surface area contributed by atoms with Gasteiger partial charge in [-0.15, -0.1) is 0 Å². The number of nitrogens with zero attached hydrogens (tertiary/aromatic N) is 1. The summed E-state index contributed by atoms with van der Waals surface area (Å²) in [5.74, 6) is 1.03. The highest BCUT2D eigenvalue weighted by Gasteiger charge is 2.10. The number of hydrogen-bond donors (Lipinski definition) is 0. The Morgan fingerprint density at radius 3 is 2.42 bits per heavy atom. The van der Waals surface area contributed by atoms with Gasteiger partial charge in [-0.1, -0.05) is 13.8 Å². The zero-order valence-electron chi connectivity index (χ0n) is 8.05. The lowest BCUT2D eigenvalue weighted by molar-refractivity contribution is 0.471. The van der Waals surface area contributed by atoms with E-state index in [4.69, 9.17) is 4.42 Å². The molecule has 1 heterocycles. The first-order valence-corrected chi connectivity index (χ1v) is 4.17. The van der Waals surface area contributed by atoms with Crippen LogP contribution in [-0.4, -0.2) is 4.57 Å². The maximum absolute atomic E-state index is 11.0. The fourth-order valence-corrected chi connectivity index (χ4v) is 1.27. The van der Waals surface area contributed by atoms with Gasteiger partial charge in [-0.3, -0.25) is 4.57 Å². The summed E-state index contributed by atoms with van der Waals surface area (Å²) in [4.78, 5) is 11.0. The predicted octanol–water partition coefficient (Wildman–Crippen LogP) is 1.49. The zero-order chi connectivity index (χ0) is 9.30. The Hall–Kier alpha value is -0.990. The summed E-state index contributed by atoms with van der Waals surface area (Å²) in [7, 11) is 1.75. The minimum Gasteiger partial charge on any atom is -0.413 e. The van der Waals surface area contributed by atoms with Crippen LogP contribution in [0, 0.1) is 12.8 Å². The summed E-state index contributed by atoms with van der Waals surface area (Å²) in [6.07, 6.45) is 0.897. The van der Waals surface area contributed by atoms with Crippen molar-refractivity contribution in [3.8, 4) is 0 Å². The molecule has 0 spiro atoms. The third kappa shape index (κ3) is 1.60. The summed E-state index contributed by atoms with van der Waals surface area (Å²) < 4.78 is 6.53. The molecule has 1 aromatic rings. The second-order valence-electron chi connectivity index (χ2n) is 3.53. The van der Waals surface area contributed by atoms with Crippen LogP contribution in [0.3, 0.4) is 0 Å². The van der Waals surface area contributed by atoms with Gasteiger partial charge in [-0.05, 0) is 19.3 Å². The van der Waals surface area contributed by atoms with Crippen LogP contribution in [-0.2, 0) is 13.5 Å². The highest BCUT2D eigenvalue weighted by molar-refractivity contribution is 5.07. The Morgan fingerprint density at radius 2 is 2.08 bits per heavy atom. The molecule has 0 aliphatic carbocycles. The number of hydrogen-bond acceptors (Lipinski definition) is 2. The smallest absolute Gasteiger partial charge is 0.413 e. The van der Waals surface area contributed by atoms with Crippen LogP contribution in [0.15, 0.2) is 9.21 Å². The zero-order valence-corrected chi connectivity index (χ0v) is 8.05. The van der Waals surface area contributed by atoms with E-state index in [1.165, 1.54) is 0 Å². The average molecular weight is 169 g/mol. The first-order valence-electron chi connectivity index (χ1n) is 4.17. The van der Waals surface area contributed by atoms with E-state index in [1.807, 2.05) is 6.92 Å². The van der Waals surface area contributed by atoms with Crippen molar-refractivity contribution in [3.63, 3.8) is 0 Å². The molecule has 3 nitrogen and oxygen atoms in total. The fraction of sp³-hybridized carbons (Fsp3) is 0.667. The van der Waals surface area contributed by atoms with Gasteiger partial charge in [-0.2, -0.15) is 0 Å². The number of aryl methyl sites for hydroxylation is 1. The summed E-state index contributed by atoms with van der Waals surface area (Å²) in [6, 6.07) is 0. The van der Waals surface area contributed by atoms with Crippen molar-refractivity contribution in [1.82, 2.24) is 4.57 Å². The summed E-state index contributed by atoms with van der Waals surface area (Å²) in [5, 5.41) is 0. The average Bonchev–Trinajstić information content (AvgIpc) is 2.16. The van der Waals surface area contributed by atoms with Gasteiger partial charge in [0.25, 0.3) is 0 Å². The molecule has 0 amide bonds. The van der Waals surface area contributed by atoms with Gasteiger partial charge < -0.3 is 4.42 Å². The molecule has 1 rings (SSSR count). The molecule has 0 N–H and O–H groups in total. The van der Waals surface area contributed by atoms with E-state index in [2.05, 4.69) is 13.8 Å². The number of oxazole rings is 1. The maximum Gasteiger partial charge on any atom is 0.419 e. The largest absolute Gasteiger partial charge is 0.419 e. The lowest BCUT2D eigenvalue weighted by atomic mass is 10.1. The molecular weight excluding hydrogens is 154 g/mol. The molecule has 68 valence electrons. The van der Waals surface area contributed by atoms with Crippen molar-refractivity contribution >= 4 is 0 Å². The topological polar surface area (TPSA) is 35.1 Å². The fourth-order valence-electron chi connectivity index (χ4n) is 1.27. The van der Waals surface area contributed by atoms with Crippen LogP contribution in [0.4, 0.5) is 0 Å². The third-order valence-corrected chi connectivity index (χ3v) is 1.93. The molecule has 1 aromatic heterocycles. The molecule has 0 radical (unpaired) electrons. The summed E-state index contributed by atoms with van der Waals surface area (Å²) in [6.45, 7) is 6.08. The second-order valence-corrected chi connectivity index (χ2v) is 3.53. The van der Waals surface area contributed by atoms with Crippen molar-refractivity contribution in [2.24, 2.45) is 13.0 Å². The monoisotopic (exact) mass is 169 g/mol. The van der Waals surface area contributed by atoms with Crippen LogP contribution >= 0.6 is 0 Å². The quantitative estimate of drug-likeness (QED) is 0.672. The molecule has 0 aromatic carbocycles. The highest BCUT2D eigenvalue weighted by Crippen LogP contribution is 2.10. The van der Waals surface area contributed by atoms with E-state index in [0.717, 1.165) is 17.9 Å². The number of aromatic nitrogens is 1. The van der Waals surface area contributed by atoms with Gasteiger partial charge in [-0.25, -0.2) is 4.79 Å². The van der Waals surface area contributed by atoms with Gasteiger partial charge >= 0.3 is 5.76 Å². The Morgan fingerprint density at radius 1 is 1.50 bits per heavy atom. The molecule has 0 saturated heterocycles. The van der Waals surface area contributed by atoms with Gasteiger partial charge in [0.15, 0.2) is 0 Å². The molecule has 0 atom stereocenters. The van der Waals surface area contributed by atoms with E-state index in [0.29, 0.717) is 5.92 Å². The van der Waals surface area contributed by atoms with E-state index < -0.39 is 0 Å². The Balaban J connectivity index is 3.05. The van der Waals surface area contributed by atoms with Crippen molar-refractivity contribution in [2.75, 3.05) is 0 Å². The molecule has 0 aliphatic heterocycles. The Kier molecular flexibility index (Phi) is 2.40. The van der Waals surface area contributed by atoms with Crippen molar-refractivity contribution < 1.29 is 4.42 Å². The number of rotatable bonds is 2. The lowest BCUT2D eigenvalue weighted by Crippen LogP contribution is -2.13. The van der Waals surface area contributed by atoms with Crippen LogP contribution in [0.2, 0.25) is 0 Å². The van der Waals surface area contributed by atoms with Gasteiger partial charge in [0, 0.05) is 7.05 Å². The van der Waals surface area contributed by atoms with Crippen LogP contribution < -0.4 is 5.76 Å². The third-order valence-electron chi connectivity index (χ3n) is 1.93. The standard InChI is InChI=1S/C9H15NO2/c1-6(2)5-8-7(3)12-9(11)10(8)4/h6H,5H2,1-4H3. The van der Waals surface area contributed by atoms with Crippen molar-refractivity contribution in [2.45, 2.75) is 27.2 Å². The molecule has 0 aliphatic rings. The van der Waals surface area contributed by atoms with Gasteiger partial charge in [0.2, 0.25) is 0 Å². The molecule has 3 heteroatoms. The van der Waals surface area contributed by atoms with Crippen molar-refractivity contribution in [3.05, 3.63) is 22.0 Å². The summed E-state index contributed by atoms with van der Waals surface area (Å²) >= 11 is 0. The van der Waals surface area contributed by atoms with E-state index >= 15 is 0 Å². The molecule has 0 bridgehead atoms. The van der Waals surface area contributed by atoms with Crippen LogP contribution in [0.1, 0.15) is 25.3 Å². The predicted molar refractivity (Wildman–Crippen MR) is 47.2 cm³/mol. The second kappa shape index (κ2) is 3.17. The van der Waals surface area contributed by atoms with Gasteiger partial charge in [0.05, 0.1) is 5.69 Å².